The number of hydrogen-bond donors (Lipinski definition) is 1. The van der Waals surface area contributed by atoms with Gasteiger partial charge in [-0.25, -0.2) is 0 Å². The second kappa shape index (κ2) is 14.3. The second-order valence-corrected chi connectivity index (χ2v) is 12.1. The lowest BCUT2D eigenvalue weighted by molar-refractivity contribution is -0.114. The number of benzene rings is 3. The van der Waals surface area contributed by atoms with E-state index in [2.05, 4.69) is 45.4 Å². The van der Waals surface area contributed by atoms with Crippen molar-refractivity contribution in [2.45, 2.75) is 65.0 Å². The molecule has 0 bridgehead atoms. The van der Waals surface area contributed by atoms with Gasteiger partial charge in [0.2, 0.25) is 5.91 Å². The average molecular weight is 572 g/mol. The third-order valence-electron chi connectivity index (χ3n) is 8.72. The second-order valence-electron chi connectivity index (χ2n) is 11.7. The summed E-state index contributed by atoms with van der Waals surface area (Å²) < 4.78 is 0. The van der Waals surface area contributed by atoms with Crippen LogP contribution in [0.5, 0.6) is 0 Å². The number of ketones is 1. The summed E-state index contributed by atoms with van der Waals surface area (Å²) in [5.41, 5.74) is 6.75. The first kappa shape index (κ1) is 29.5. The van der Waals surface area contributed by atoms with Gasteiger partial charge >= 0.3 is 0 Å². The molecule has 2 aliphatic rings. The summed E-state index contributed by atoms with van der Waals surface area (Å²) in [6, 6.07) is 22.5. The first-order chi connectivity index (χ1) is 19.9. The minimum atomic E-state index is -0.0482. The van der Waals surface area contributed by atoms with Crippen LogP contribution in [0.1, 0.15) is 71.6 Å². The van der Waals surface area contributed by atoms with Crippen molar-refractivity contribution in [1.82, 2.24) is 9.80 Å². The quantitative estimate of drug-likeness (QED) is 0.262. The Morgan fingerprint density at radius 3 is 2.24 bits per heavy atom. The molecule has 0 atom stereocenters. The van der Waals surface area contributed by atoms with Crippen LogP contribution in [0.25, 0.3) is 0 Å². The number of likely N-dealkylation sites (tertiary alicyclic amines) is 1. The Morgan fingerprint density at radius 2 is 1.49 bits per heavy atom. The summed E-state index contributed by atoms with van der Waals surface area (Å²) in [6.07, 6.45) is 7.03. The van der Waals surface area contributed by atoms with Gasteiger partial charge in [-0.05, 0) is 98.0 Å². The van der Waals surface area contributed by atoms with Crippen LogP contribution in [0.4, 0.5) is 5.69 Å². The highest BCUT2D eigenvalue weighted by atomic mass is 35.5. The molecule has 2 aliphatic heterocycles. The maximum Gasteiger partial charge on any atom is 0.221 e. The first-order valence-electron chi connectivity index (χ1n) is 15.1. The number of nitrogens with one attached hydrogen (secondary N) is 1. The van der Waals surface area contributed by atoms with Crippen molar-refractivity contribution >= 4 is 29.0 Å². The van der Waals surface area contributed by atoms with Crippen LogP contribution < -0.4 is 5.32 Å². The smallest absolute Gasteiger partial charge is 0.221 e. The lowest BCUT2D eigenvalue weighted by Gasteiger charge is -2.32. The fraction of sp³-hybridized carbons (Fsp3) is 0.429. The molecular formula is C35H42ClN3O2. The number of para-hydroxylation sites is 1. The molecule has 1 N–H and O–H groups in total. The van der Waals surface area contributed by atoms with E-state index in [1.165, 1.54) is 29.5 Å². The number of fused-ring (bicyclic) bond motifs is 1. The Hall–Kier alpha value is -2.99. The van der Waals surface area contributed by atoms with Crippen molar-refractivity contribution in [3.8, 4) is 0 Å². The van der Waals surface area contributed by atoms with Crippen molar-refractivity contribution < 1.29 is 9.59 Å². The molecule has 0 saturated carbocycles. The molecule has 216 valence electrons. The van der Waals surface area contributed by atoms with Crippen molar-refractivity contribution in [3.05, 3.63) is 99.6 Å². The summed E-state index contributed by atoms with van der Waals surface area (Å²) >= 11 is 6.35. The van der Waals surface area contributed by atoms with E-state index in [1.807, 2.05) is 36.4 Å². The summed E-state index contributed by atoms with van der Waals surface area (Å²) in [7, 11) is 0. The molecular weight excluding hydrogens is 530 g/mol. The molecule has 2 heterocycles. The van der Waals surface area contributed by atoms with Crippen LogP contribution >= 0.6 is 11.6 Å². The third-order valence-corrected chi connectivity index (χ3v) is 9.09. The molecule has 0 aromatic heterocycles. The Labute approximate surface area is 249 Å². The molecule has 1 amide bonds. The van der Waals surface area contributed by atoms with E-state index in [1.54, 1.807) is 6.92 Å². The number of amides is 1. The molecule has 0 unspecified atom stereocenters. The fourth-order valence-electron chi connectivity index (χ4n) is 6.31. The zero-order chi connectivity index (χ0) is 28.6. The lowest BCUT2D eigenvalue weighted by atomic mass is 9.90. The summed E-state index contributed by atoms with van der Waals surface area (Å²) in [5, 5.41) is 3.81. The molecule has 1 fully saturated rings. The summed E-state index contributed by atoms with van der Waals surface area (Å²) in [6.45, 7) is 7.38. The zero-order valence-electron chi connectivity index (χ0n) is 24.2. The van der Waals surface area contributed by atoms with Gasteiger partial charge in [0, 0.05) is 55.8 Å². The molecule has 5 rings (SSSR count). The maximum absolute atomic E-state index is 13.1. The zero-order valence-corrected chi connectivity index (χ0v) is 25.0. The van der Waals surface area contributed by atoms with Gasteiger partial charge in [-0.2, -0.15) is 0 Å². The van der Waals surface area contributed by atoms with Gasteiger partial charge in [0.25, 0.3) is 0 Å². The van der Waals surface area contributed by atoms with Gasteiger partial charge in [0.15, 0.2) is 5.78 Å². The van der Waals surface area contributed by atoms with E-state index in [9.17, 15) is 9.59 Å². The summed E-state index contributed by atoms with van der Waals surface area (Å²) in [4.78, 5) is 29.7. The first-order valence-corrected chi connectivity index (χ1v) is 15.5. The van der Waals surface area contributed by atoms with Gasteiger partial charge in [-0.1, -0.05) is 60.1 Å². The molecule has 0 aliphatic carbocycles. The van der Waals surface area contributed by atoms with E-state index >= 15 is 0 Å². The number of anilines is 1. The number of carbonyl (C=O) groups is 2. The van der Waals surface area contributed by atoms with Crippen LogP contribution in [0.15, 0.2) is 66.7 Å². The Morgan fingerprint density at radius 1 is 0.829 bits per heavy atom. The lowest BCUT2D eigenvalue weighted by Crippen LogP contribution is -2.33. The van der Waals surface area contributed by atoms with Crippen molar-refractivity contribution in [1.29, 1.82) is 0 Å². The van der Waals surface area contributed by atoms with Crippen molar-refractivity contribution in [3.63, 3.8) is 0 Å². The molecule has 1 saturated heterocycles. The highest BCUT2D eigenvalue weighted by Crippen LogP contribution is 2.27. The minimum Gasteiger partial charge on any atom is -0.326 e. The number of carbonyl (C=O) groups excluding carboxylic acids is 2. The van der Waals surface area contributed by atoms with Crippen LogP contribution in [-0.2, 0) is 30.7 Å². The highest BCUT2D eigenvalue weighted by molar-refractivity contribution is 6.31. The van der Waals surface area contributed by atoms with Crippen LogP contribution in [0, 0.1) is 5.92 Å². The average Bonchev–Trinajstić information content (AvgIpc) is 3.17. The Bertz CT molecular complexity index is 1350. The SMILES string of the molecule is CC(=O)Nc1ccccc1CN1CCc2ccc(C(=O)CCCC3CCN(Cc4ccccc4Cl)CC3)cc2CC1. The normalized spacial score (nSPS) is 16.6. The molecule has 0 radical (unpaired) electrons. The van der Waals surface area contributed by atoms with Gasteiger partial charge < -0.3 is 5.32 Å². The summed E-state index contributed by atoms with van der Waals surface area (Å²) in [5.74, 6) is 0.932. The van der Waals surface area contributed by atoms with Crippen molar-refractivity contribution in [2.24, 2.45) is 5.92 Å². The van der Waals surface area contributed by atoms with E-state index in [-0.39, 0.29) is 11.7 Å². The number of halogens is 1. The number of rotatable bonds is 10. The van der Waals surface area contributed by atoms with Gasteiger partial charge in [0.05, 0.1) is 0 Å². The van der Waals surface area contributed by atoms with Crippen LogP contribution in [0.2, 0.25) is 5.02 Å². The van der Waals surface area contributed by atoms with Crippen LogP contribution in [-0.4, -0.2) is 47.7 Å². The van der Waals surface area contributed by atoms with Gasteiger partial charge in [-0.3, -0.25) is 19.4 Å². The third kappa shape index (κ3) is 8.28. The maximum atomic E-state index is 13.1. The fourth-order valence-corrected chi connectivity index (χ4v) is 6.51. The largest absolute Gasteiger partial charge is 0.326 e. The predicted octanol–water partition coefficient (Wildman–Crippen LogP) is 7.16. The minimum absolute atomic E-state index is 0.0482. The topological polar surface area (TPSA) is 52.7 Å². The monoisotopic (exact) mass is 571 g/mol. The molecule has 41 heavy (non-hydrogen) atoms. The number of hydrogen-bond acceptors (Lipinski definition) is 4. The van der Waals surface area contributed by atoms with Crippen LogP contribution in [0.3, 0.4) is 0 Å². The Kier molecular flexibility index (Phi) is 10.3. The molecule has 0 spiro atoms. The Balaban J connectivity index is 1.07. The van der Waals surface area contributed by atoms with E-state index in [0.29, 0.717) is 12.3 Å². The molecule has 5 nitrogen and oxygen atoms in total. The van der Waals surface area contributed by atoms with E-state index in [4.69, 9.17) is 11.6 Å². The highest BCUT2D eigenvalue weighted by Gasteiger charge is 2.21. The van der Waals surface area contributed by atoms with Gasteiger partial charge in [0.1, 0.15) is 0 Å². The van der Waals surface area contributed by atoms with E-state index < -0.39 is 0 Å². The van der Waals surface area contributed by atoms with E-state index in [0.717, 1.165) is 86.8 Å². The number of piperidine rings is 1. The number of nitrogens with zero attached hydrogens (tertiary/aromatic N) is 2. The molecule has 3 aromatic rings. The standard InChI is InChI=1S/C35H42ClN3O2/c1-26(40)37-34-11-5-3-9-32(34)25-39-21-17-28-13-14-30(23-29(28)18-22-39)35(41)12-6-7-27-15-19-38(20-16-27)24-31-8-2-4-10-33(31)36/h2-5,8-11,13-14,23,27H,6-7,12,15-22,24-25H2,1H3,(H,37,40). The number of Topliss-reactive ketones (excluding diaryl/α,β-unsaturated/α-hetero) is 1. The molecule has 3 aromatic carbocycles. The molecule has 6 heteroatoms. The predicted molar refractivity (Wildman–Crippen MR) is 168 cm³/mol. The van der Waals surface area contributed by atoms with Gasteiger partial charge in [-0.15, -0.1) is 0 Å². The van der Waals surface area contributed by atoms with Crippen molar-refractivity contribution in [2.75, 3.05) is 31.5 Å².